The first kappa shape index (κ1) is 17.2. The van der Waals surface area contributed by atoms with E-state index in [4.69, 9.17) is 9.47 Å². The summed E-state index contributed by atoms with van der Waals surface area (Å²) in [6, 6.07) is 8.82. The van der Waals surface area contributed by atoms with Gasteiger partial charge in [-0.15, -0.1) is 0 Å². The third-order valence-electron chi connectivity index (χ3n) is 3.35. The number of amides is 1. The van der Waals surface area contributed by atoms with Crippen molar-refractivity contribution in [2.24, 2.45) is 0 Å². The van der Waals surface area contributed by atoms with E-state index >= 15 is 0 Å². The normalized spacial score (nSPS) is 11.3. The topological polar surface area (TPSA) is 71.3 Å². The number of halogens is 2. The van der Waals surface area contributed by atoms with Crippen molar-refractivity contribution < 1.29 is 23.0 Å². The minimum absolute atomic E-state index is 0.270. The van der Waals surface area contributed by atoms with E-state index < -0.39 is 29.1 Å². The Kier molecular flexibility index (Phi) is 5.32. The van der Waals surface area contributed by atoms with E-state index in [9.17, 15) is 18.8 Å². The molecular weight excluding hydrogens is 318 g/mol. The van der Waals surface area contributed by atoms with E-state index in [1.165, 1.54) is 20.3 Å². The average Bonchev–Trinajstić information content (AvgIpc) is 2.60. The van der Waals surface area contributed by atoms with Gasteiger partial charge >= 0.3 is 0 Å². The molecule has 0 radical (unpaired) electrons. The number of carbonyl (C=O) groups excluding carboxylic acids is 1. The third-order valence-corrected chi connectivity index (χ3v) is 3.35. The number of nitrogens with one attached hydrogen (secondary N) is 1. The molecule has 2 rings (SSSR count). The Labute approximate surface area is 137 Å². The zero-order valence-electron chi connectivity index (χ0n) is 13.0. The Morgan fingerprint density at radius 1 is 1.17 bits per heavy atom. The van der Waals surface area contributed by atoms with Crippen LogP contribution in [0.1, 0.15) is 22.0 Å². The minimum Gasteiger partial charge on any atom is -0.493 e. The zero-order valence-corrected chi connectivity index (χ0v) is 13.0. The van der Waals surface area contributed by atoms with Crippen molar-refractivity contribution in [3.05, 3.63) is 59.2 Å². The first-order chi connectivity index (χ1) is 11.5. The molecule has 0 heterocycles. The molecule has 0 unspecified atom stereocenters. The van der Waals surface area contributed by atoms with Crippen molar-refractivity contribution in [1.82, 2.24) is 5.32 Å². The highest BCUT2D eigenvalue weighted by molar-refractivity contribution is 5.95. The Morgan fingerprint density at radius 2 is 1.88 bits per heavy atom. The Bertz CT molecular complexity index is 803. The molecule has 0 saturated carbocycles. The molecule has 1 atom stereocenters. The Balaban J connectivity index is 2.36. The minimum atomic E-state index is -1.27. The largest absolute Gasteiger partial charge is 0.493 e. The predicted molar refractivity (Wildman–Crippen MR) is 81.7 cm³/mol. The number of hydrogen-bond acceptors (Lipinski definition) is 4. The van der Waals surface area contributed by atoms with Crippen LogP contribution in [0.3, 0.4) is 0 Å². The highest BCUT2D eigenvalue weighted by Gasteiger charge is 2.23. The summed E-state index contributed by atoms with van der Waals surface area (Å²) in [6.07, 6.45) is 0. The standard InChI is InChI=1S/C17H14F2N2O3/c1-23-14-8-4-5-10(16(14)24-2)13(9-20)21-17(22)11-6-3-7-12(18)15(11)19/h3-8,13H,1-2H3,(H,21,22)/t13-/m1/s1. The fraction of sp³-hybridized carbons (Fsp3) is 0.176. The van der Waals surface area contributed by atoms with Crippen molar-refractivity contribution >= 4 is 5.91 Å². The number of nitrogens with zero attached hydrogens (tertiary/aromatic N) is 1. The molecule has 0 spiro atoms. The highest BCUT2D eigenvalue weighted by atomic mass is 19.2. The summed E-state index contributed by atoms with van der Waals surface area (Å²) >= 11 is 0. The summed E-state index contributed by atoms with van der Waals surface area (Å²) in [5.74, 6) is -2.68. The second-order valence-electron chi connectivity index (χ2n) is 4.72. The lowest BCUT2D eigenvalue weighted by Gasteiger charge is -2.17. The van der Waals surface area contributed by atoms with Crippen LogP contribution in [0.2, 0.25) is 0 Å². The number of rotatable bonds is 5. The maximum atomic E-state index is 13.7. The van der Waals surface area contributed by atoms with Crippen molar-refractivity contribution in [3.8, 4) is 17.6 Å². The molecule has 1 amide bonds. The predicted octanol–water partition coefficient (Wildman–Crippen LogP) is 2.98. The van der Waals surface area contributed by atoms with Gasteiger partial charge in [-0.3, -0.25) is 4.79 Å². The van der Waals surface area contributed by atoms with Crippen LogP contribution in [0.4, 0.5) is 8.78 Å². The Morgan fingerprint density at radius 3 is 2.50 bits per heavy atom. The molecule has 0 aromatic heterocycles. The van der Waals surface area contributed by atoms with E-state index in [0.717, 1.165) is 12.1 Å². The van der Waals surface area contributed by atoms with Crippen molar-refractivity contribution in [2.45, 2.75) is 6.04 Å². The average molecular weight is 332 g/mol. The monoisotopic (exact) mass is 332 g/mol. The number of nitriles is 1. The molecule has 2 aromatic rings. The molecule has 0 fully saturated rings. The van der Waals surface area contributed by atoms with Gasteiger partial charge in [-0.1, -0.05) is 18.2 Å². The van der Waals surface area contributed by atoms with Crippen molar-refractivity contribution in [1.29, 1.82) is 5.26 Å². The summed E-state index contributed by atoms with van der Waals surface area (Å²) in [6.45, 7) is 0. The fourth-order valence-corrected chi connectivity index (χ4v) is 2.21. The van der Waals surface area contributed by atoms with Crippen molar-refractivity contribution in [2.75, 3.05) is 14.2 Å². The summed E-state index contributed by atoms with van der Waals surface area (Å²) in [5.41, 5.74) is -0.151. The molecule has 0 bridgehead atoms. The number of ether oxygens (including phenoxy) is 2. The molecule has 0 aliphatic rings. The highest BCUT2D eigenvalue weighted by Crippen LogP contribution is 2.34. The molecule has 0 aliphatic heterocycles. The molecule has 124 valence electrons. The summed E-state index contributed by atoms with van der Waals surface area (Å²) in [4.78, 5) is 12.2. The third kappa shape index (κ3) is 3.27. The van der Waals surface area contributed by atoms with Gasteiger partial charge in [-0.2, -0.15) is 5.26 Å². The second kappa shape index (κ2) is 7.42. The molecule has 0 aliphatic carbocycles. The van der Waals surface area contributed by atoms with Crippen LogP contribution < -0.4 is 14.8 Å². The maximum Gasteiger partial charge on any atom is 0.255 e. The molecule has 2 aromatic carbocycles. The van der Waals surface area contributed by atoms with Gasteiger partial charge in [-0.05, 0) is 18.2 Å². The molecule has 7 heteroatoms. The summed E-state index contributed by atoms with van der Waals surface area (Å²) in [7, 11) is 2.83. The van der Waals surface area contributed by atoms with Crippen molar-refractivity contribution in [3.63, 3.8) is 0 Å². The van der Waals surface area contributed by atoms with E-state index in [1.54, 1.807) is 18.2 Å². The van der Waals surface area contributed by atoms with Crippen LogP contribution in [-0.4, -0.2) is 20.1 Å². The lowest BCUT2D eigenvalue weighted by molar-refractivity contribution is 0.0939. The fourth-order valence-electron chi connectivity index (χ4n) is 2.21. The van der Waals surface area contributed by atoms with E-state index in [1.807, 2.05) is 6.07 Å². The van der Waals surface area contributed by atoms with Gasteiger partial charge < -0.3 is 14.8 Å². The van der Waals surface area contributed by atoms with Crippen LogP contribution >= 0.6 is 0 Å². The molecule has 5 nitrogen and oxygen atoms in total. The molecule has 1 N–H and O–H groups in total. The van der Waals surface area contributed by atoms with Gasteiger partial charge in [0, 0.05) is 5.56 Å². The number of hydrogen-bond donors (Lipinski definition) is 1. The molecule has 24 heavy (non-hydrogen) atoms. The van der Waals surface area contributed by atoms with Crippen LogP contribution in [0.5, 0.6) is 11.5 Å². The van der Waals surface area contributed by atoms with Crippen LogP contribution in [0.25, 0.3) is 0 Å². The first-order valence-corrected chi connectivity index (χ1v) is 6.88. The lowest BCUT2D eigenvalue weighted by atomic mass is 10.1. The quantitative estimate of drug-likeness (QED) is 0.914. The first-order valence-electron chi connectivity index (χ1n) is 6.88. The summed E-state index contributed by atoms with van der Waals surface area (Å²) in [5, 5.41) is 11.7. The van der Waals surface area contributed by atoms with Gasteiger partial charge in [0.15, 0.2) is 23.1 Å². The summed E-state index contributed by atoms with van der Waals surface area (Å²) < 4.78 is 37.3. The van der Waals surface area contributed by atoms with Crippen LogP contribution in [0.15, 0.2) is 36.4 Å². The number of methoxy groups -OCH3 is 2. The molecule has 0 saturated heterocycles. The van der Waals surface area contributed by atoms with E-state index in [0.29, 0.717) is 11.3 Å². The van der Waals surface area contributed by atoms with Gasteiger partial charge in [0.1, 0.15) is 6.04 Å². The number of carbonyl (C=O) groups is 1. The lowest BCUT2D eigenvalue weighted by Crippen LogP contribution is -2.29. The SMILES string of the molecule is COc1cccc([C@@H](C#N)NC(=O)c2cccc(F)c2F)c1OC. The van der Waals surface area contributed by atoms with Gasteiger partial charge in [0.25, 0.3) is 5.91 Å². The van der Waals surface area contributed by atoms with Crippen LogP contribution in [-0.2, 0) is 0 Å². The number of benzene rings is 2. The second-order valence-corrected chi connectivity index (χ2v) is 4.72. The zero-order chi connectivity index (χ0) is 17.7. The van der Waals surface area contributed by atoms with Gasteiger partial charge in [0.05, 0.1) is 25.9 Å². The van der Waals surface area contributed by atoms with Gasteiger partial charge in [-0.25, -0.2) is 8.78 Å². The van der Waals surface area contributed by atoms with Gasteiger partial charge in [0.2, 0.25) is 0 Å². The maximum absolute atomic E-state index is 13.7. The van der Waals surface area contributed by atoms with Crippen LogP contribution in [0, 0.1) is 23.0 Å². The van der Waals surface area contributed by atoms with E-state index in [-0.39, 0.29) is 5.75 Å². The Hall–Kier alpha value is -3.14. The van der Waals surface area contributed by atoms with E-state index in [2.05, 4.69) is 5.32 Å². The molecular formula is C17H14F2N2O3. The smallest absolute Gasteiger partial charge is 0.255 e. The number of para-hydroxylation sites is 1.